The molecule has 0 unspecified atom stereocenters. The number of nitrogens with zero attached hydrogens (tertiary/aromatic N) is 13. The largest absolute Gasteiger partial charge is 0.494 e. The molecular weight excluding hydrogens is 1540 g/mol. The van der Waals surface area contributed by atoms with Crippen molar-refractivity contribution in [2.45, 2.75) is 38.9 Å². The predicted molar refractivity (Wildman–Crippen MR) is 425 cm³/mol. The number of benzene rings is 8. The molecule has 12 N–H and O–H groups in total. The summed E-state index contributed by atoms with van der Waals surface area (Å²) in [5, 5.41) is 11.5. The number of rotatable bonds is 8. The lowest BCUT2D eigenvalue weighted by molar-refractivity contribution is 0.00578. The fourth-order valence-electron chi connectivity index (χ4n) is 11.1. The van der Waals surface area contributed by atoms with E-state index in [-0.39, 0.29) is 22.7 Å². The van der Waals surface area contributed by atoms with Crippen molar-refractivity contribution in [3.63, 3.8) is 0 Å². The van der Waals surface area contributed by atoms with Crippen LogP contribution in [0.25, 0.3) is 123 Å². The highest BCUT2D eigenvalue weighted by Crippen LogP contribution is 2.40. The first-order valence-corrected chi connectivity index (χ1v) is 35.1. The highest BCUT2D eigenvalue weighted by Gasteiger charge is 2.52. The molecule has 1 fully saturated rings. The van der Waals surface area contributed by atoms with Gasteiger partial charge in [0.1, 0.15) is 54.7 Å². The number of aromatic amines is 4. The minimum absolute atomic E-state index is 0.0792. The van der Waals surface area contributed by atoms with Gasteiger partial charge in [-0.3, -0.25) is 4.98 Å². The SMILES string of the molecule is CC1(C)OB(c2cc(Cl)c3nc[nH]c3c2)OC1(C)C.N#Cc1nc(-c2cc(Cl)c3nc[nH]c3c2)c(-c2ccccc2)nc1N.Nc1cnc(-c2cc(Cl)c3nc[nH]c3c2)c(-c2ccccc2)n1.Nc1cnc(Br)c(-c2ccccc2)n1.Nc1nc(-c2ccccc2)c(-c2cc(Cl)c3nc[nH]c3c2)nc1Br. The van der Waals surface area contributed by atoms with Crippen molar-refractivity contribution in [3.05, 3.63) is 243 Å². The molecule has 9 heterocycles. The van der Waals surface area contributed by atoms with Crippen LogP contribution in [0.15, 0.2) is 217 Å². The number of nitrogens with one attached hydrogen (secondary N) is 4. The molecule has 30 heteroatoms. The first-order valence-electron chi connectivity index (χ1n) is 32.0. The third-order valence-electron chi connectivity index (χ3n) is 16.9. The van der Waals surface area contributed by atoms with Gasteiger partial charge in [-0.05, 0) is 114 Å². The minimum Gasteiger partial charge on any atom is -0.399 e. The Kier molecular flexibility index (Phi) is 21.3. The molecule has 1 aliphatic rings. The summed E-state index contributed by atoms with van der Waals surface area (Å²) in [4.78, 5) is 64.2. The number of anilines is 4. The zero-order valence-electron chi connectivity index (χ0n) is 55.9. The molecule has 0 radical (unpaired) electrons. The molecule has 23 nitrogen and oxygen atoms in total. The second kappa shape index (κ2) is 31.0. The second-order valence-electron chi connectivity index (χ2n) is 24.4. The zero-order chi connectivity index (χ0) is 73.7. The summed E-state index contributed by atoms with van der Waals surface area (Å²) in [7, 11) is -0.407. The summed E-state index contributed by atoms with van der Waals surface area (Å²) in [5.74, 6) is 1.23. The Labute approximate surface area is 637 Å². The predicted octanol–water partition coefficient (Wildman–Crippen LogP) is 17.4. The van der Waals surface area contributed by atoms with Crippen LogP contribution < -0.4 is 28.4 Å². The van der Waals surface area contributed by atoms with E-state index in [1.165, 1.54) is 6.20 Å². The van der Waals surface area contributed by atoms with Gasteiger partial charge in [-0.1, -0.05) is 168 Å². The van der Waals surface area contributed by atoms with E-state index in [4.69, 9.17) is 78.6 Å². The van der Waals surface area contributed by atoms with Crippen molar-refractivity contribution < 1.29 is 9.31 Å². The number of fused-ring (bicyclic) bond motifs is 4. The summed E-state index contributed by atoms with van der Waals surface area (Å²) in [5.41, 5.74) is 40.7. The van der Waals surface area contributed by atoms with Gasteiger partial charge in [0.15, 0.2) is 17.3 Å². The molecule has 0 amide bonds. The van der Waals surface area contributed by atoms with Crippen molar-refractivity contribution in [3.8, 4) is 84.9 Å². The molecule has 8 aromatic carbocycles. The minimum atomic E-state index is -0.407. The maximum absolute atomic E-state index is 9.27. The standard InChI is InChI=1S/C18H11ClN6.C17H11BrClN5.C17H12ClN5.C13H16BClN2O2.C10H8BrN3/c19-12-6-11(7-13-17(12)23-9-22-13)16-15(10-4-2-1-3-5-10)25-18(21)14(8-20)24-16;18-16-17(20)24-13(9-4-2-1-3-5-9)14(23-16)10-6-11(19)15-12(7-10)21-8-22-15;18-12-6-11(7-13-17(12)22-9-21-13)15-16(23-14(19)8-20-15)10-4-2-1-3-5-10;1-12(2)13(3,4)19-14(18-12)8-5-9(15)11-10(6-8)16-7-17-11;11-10-9(14-8(12)6-13-10)7-4-2-1-3-5-7/h1-7,9H,(H2,21,25)(H,22,23);1-8H,(H2,20,24)(H,21,22);1-9H,(H2,19,23)(H,21,22);5-7H,1-4H3,(H,16,17);1-6H,(H2,12,14). The molecule has 0 saturated carbocycles. The highest BCUT2D eigenvalue weighted by molar-refractivity contribution is 9.10. The topological polar surface area (TPSA) is 364 Å². The van der Waals surface area contributed by atoms with Gasteiger partial charge < -0.3 is 52.2 Å². The van der Waals surface area contributed by atoms with E-state index < -0.39 is 7.12 Å². The van der Waals surface area contributed by atoms with Crippen LogP contribution >= 0.6 is 78.3 Å². The van der Waals surface area contributed by atoms with Crippen LogP contribution in [0.5, 0.6) is 0 Å². The number of nitrogen functional groups attached to an aromatic ring is 4. The third-order valence-corrected chi connectivity index (χ3v) is 19.2. The first kappa shape index (κ1) is 72.1. The highest BCUT2D eigenvalue weighted by atomic mass is 79.9. The average molecular weight is 1600 g/mol. The molecule has 0 bridgehead atoms. The van der Waals surface area contributed by atoms with Gasteiger partial charge in [0, 0.05) is 38.9 Å². The summed E-state index contributed by atoms with van der Waals surface area (Å²) in [6.07, 6.45) is 9.51. The molecule has 105 heavy (non-hydrogen) atoms. The molecule has 0 spiro atoms. The molecule has 520 valence electrons. The van der Waals surface area contributed by atoms with Crippen molar-refractivity contribution in [2.75, 3.05) is 22.9 Å². The van der Waals surface area contributed by atoms with Crippen LogP contribution in [0, 0.1) is 11.3 Å². The lowest BCUT2D eigenvalue weighted by Crippen LogP contribution is -2.41. The number of halogens is 6. The maximum Gasteiger partial charge on any atom is 0.494 e. The normalized spacial score (nSPS) is 12.7. The van der Waals surface area contributed by atoms with Crippen molar-refractivity contribution >= 4 is 158 Å². The lowest BCUT2D eigenvalue weighted by atomic mass is 9.79. The van der Waals surface area contributed by atoms with Crippen LogP contribution in [-0.2, 0) is 9.31 Å². The van der Waals surface area contributed by atoms with Crippen molar-refractivity contribution in [2.24, 2.45) is 0 Å². The van der Waals surface area contributed by atoms with E-state index >= 15 is 0 Å². The summed E-state index contributed by atoms with van der Waals surface area (Å²) in [6.45, 7) is 8.12. The van der Waals surface area contributed by atoms with Crippen LogP contribution in [0.4, 0.5) is 23.3 Å². The van der Waals surface area contributed by atoms with Gasteiger partial charge in [0.25, 0.3) is 0 Å². The number of nitrogens with two attached hydrogens (primary N) is 4. The van der Waals surface area contributed by atoms with Crippen LogP contribution in [-0.4, -0.2) is 98.1 Å². The smallest absolute Gasteiger partial charge is 0.399 e. The van der Waals surface area contributed by atoms with E-state index in [1.54, 1.807) is 37.6 Å². The summed E-state index contributed by atoms with van der Waals surface area (Å²) < 4.78 is 13.2. The van der Waals surface area contributed by atoms with E-state index in [9.17, 15) is 5.26 Å². The Balaban J connectivity index is 0.000000118. The molecule has 1 aliphatic heterocycles. The third kappa shape index (κ3) is 15.8. The Bertz CT molecular complexity index is 5880. The number of nitriles is 1. The summed E-state index contributed by atoms with van der Waals surface area (Å²) in [6, 6.07) is 56.0. The van der Waals surface area contributed by atoms with E-state index in [0.717, 1.165) is 100 Å². The summed E-state index contributed by atoms with van der Waals surface area (Å²) >= 11 is 31.9. The fourth-order valence-corrected chi connectivity index (χ4v) is 12.9. The quantitative estimate of drug-likeness (QED) is 0.0655. The van der Waals surface area contributed by atoms with E-state index in [1.807, 2.05) is 198 Å². The number of hydrogen-bond acceptors (Lipinski definition) is 19. The van der Waals surface area contributed by atoms with Gasteiger partial charge in [-0.2, -0.15) is 5.26 Å². The molecule has 8 aromatic heterocycles. The Morgan fingerprint density at radius 3 is 1.15 bits per heavy atom. The monoisotopic (exact) mass is 1590 g/mol. The Morgan fingerprint density at radius 2 is 0.724 bits per heavy atom. The average Bonchev–Trinajstić information content (AvgIpc) is 1.72. The fraction of sp³-hybridized carbons (Fsp3) is 0.0800. The molecule has 0 atom stereocenters. The van der Waals surface area contributed by atoms with Crippen LogP contribution in [0.2, 0.25) is 20.1 Å². The maximum atomic E-state index is 9.27. The van der Waals surface area contributed by atoms with Gasteiger partial charge >= 0.3 is 7.12 Å². The van der Waals surface area contributed by atoms with Crippen molar-refractivity contribution in [1.82, 2.24) is 79.7 Å². The number of hydrogen-bond donors (Lipinski definition) is 8. The molecule has 0 aliphatic carbocycles. The van der Waals surface area contributed by atoms with Crippen LogP contribution in [0.1, 0.15) is 33.4 Å². The lowest BCUT2D eigenvalue weighted by Gasteiger charge is -2.32. The van der Waals surface area contributed by atoms with Gasteiger partial charge in [-0.15, -0.1) is 0 Å². The van der Waals surface area contributed by atoms with Gasteiger partial charge in [0.2, 0.25) is 0 Å². The molecular formula is C75H58BBr2Cl4N21O2. The van der Waals surface area contributed by atoms with E-state index in [0.29, 0.717) is 75.0 Å². The van der Waals surface area contributed by atoms with E-state index in [2.05, 4.69) is 112 Å². The number of imidazole rings is 4. The molecule has 1 saturated heterocycles. The van der Waals surface area contributed by atoms with Crippen molar-refractivity contribution in [1.29, 1.82) is 5.26 Å². The van der Waals surface area contributed by atoms with Gasteiger partial charge in [-0.25, -0.2) is 54.8 Å². The molecule has 16 aromatic rings. The number of aromatic nitrogens is 16. The Hall–Kier alpha value is -11.2. The van der Waals surface area contributed by atoms with Gasteiger partial charge in [0.05, 0.1) is 125 Å². The first-order chi connectivity index (χ1) is 50.6. The second-order valence-corrected chi connectivity index (χ2v) is 27.5. The number of H-pyrrole nitrogens is 4. The Morgan fingerprint density at radius 1 is 0.381 bits per heavy atom. The van der Waals surface area contributed by atoms with Crippen LogP contribution in [0.3, 0.4) is 0 Å². The zero-order valence-corrected chi connectivity index (χ0v) is 62.1. The molecule has 17 rings (SSSR count).